The highest BCUT2D eigenvalue weighted by molar-refractivity contribution is 5.98. The zero-order valence-electron chi connectivity index (χ0n) is 40.1. The summed E-state index contributed by atoms with van der Waals surface area (Å²) in [5.41, 5.74) is 19.4. The smallest absolute Gasteiger partial charge is 0.326 e. The number of nitrogens with zero attached hydrogens (tertiary/aromatic N) is 3. The van der Waals surface area contributed by atoms with E-state index in [1.54, 1.807) is 24.4 Å². The van der Waals surface area contributed by atoms with Crippen molar-refractivity contribution in [2.24, 2.45) is 28.1 Å². The van der Waals surface area contributed by atoms with E-state index in [0.717, 1.165) is 10.9 Å². The minimum Gasteiger partial charge on any atom is -0.508 e. The molecule has 1 aliphatic rings. The second-order valence-electron chi connectivity index (χ2n) is 18.2. The molecule has 0 radical (unpaired) electrons. The van der Waals surface area contributed by atoms with Crippen molar-refractivity contribution in [2.45, 2.75) is 120 Å². The number of rotatable bonds is 27. The molecular weight excluding hydrogens is 935 g/mol. The fourth-order valence-corrected chi connectivity index (χ4v) is 8.36. The van der Waals surface area contributed by atoms with Crippen LogP contribution in [0.2, 0.25) is 0 Å². The fraction of sp³-hybridized carbons (Fsp3) is 0.458. The van der Waals surface area contributed by atoms with Gasteiger partial charge in [0.05, 0.1) is 12.4 Å². The number of hydrogen-bond acceptors (Lipinski definition) is 12. The van der Waals surface area contributed by atoms with Crippen LogP contribution in [0.1, 0.15) is 75.6 Å². The monoisotopic (exact) mass is 999 g/mol. The second-order valence-corrected chi connectivity index (χ2v) is 18.2. The van der Waals surface area contributed by atoms with Crippen molar-refractivity contribution in [2.75, 3.05) is 13.1 Å². The predicted molar refractivity (Wildman–Crippen MR) is 262 cm³/mol. The molecule has 0 unspecified atom stereocenters. The van der Waals surface area contributed by atoms with E-state index in [4.69, 9.17) is 22.3 Å². The van der Waals surface area contributed by atoms with Crippen molar-refractivity contribution in [3.63, 3.8) is 0 Å². The van der Waals surface area contributed by atoms with Gasteiger partial charge < -0.3 is 74.0 Å². The van der Waals surface area contributed by atoms with E-state index >= 15 is 0 Å². The van der Waals surface area contributed by atoms with Gasteiger partial charge in [0.25, 0.3) is 0 Å². The number of imidazole rings is 1. The summed E-state index contributed by atoms with van der Waals surface area (Å²) in [7, 11) is 0. The number of aromatic amines is 2. The highest BCUT2D eigenvalue weighted by Gasteiger charge is 2.39. The molecule has 5 rings (SSSR count). The number of likely N-dealkylation sites (tertiary alicyclic amines) is 1. The van der Waals surface area contributed by atoms with Gasteiger partial charge >= 0.3 is 11.9 Å². The quantitative estimate of drug-likeness (QED) is 0.0202. The number of hydrogen-bond donors (Lipinski definition) is 13. The molecule has 4 aromatic rings. The van der Waals surface area contributed by atoms with Gasteiger partial charge in [-0.1, -0.05) is 44.2 Å². The number of aliphatic imine (C=N–C) groups is 1. The third-order valence-corrected chi connectivity index (χ3v) is 12.1. The Labute approximate surface area is 414 Å². The Bertz CT molecular complexity index is 2540. The van der Waals surface area contributed by atoms with Gasteiger partial charge in [0, 0.05) is 67.8 Å². The number of benzene rings is 2. The summed E-state index contributed by atoms with van der Waals surface area (Å²) in [4.78, 5) is 124. The number of para-hydroxylation sites is 1. The fourth-order valence-electron chi connectivity index (χ4n) is 8.36. The average Bonchev–Trinajstić information content (AvgIpc) is 4.13. The average molecular weight is 1000 g/mol. The van der Waals surface area contributed by atoms with Crippen molar-refractivity contribution >= 4 is 64.2 Å². The van der Waals surface area contributed by atoms with Gasteiger partial charge in [0.2, 0.25) is 35.4 Å². The van der Waals surface area contributed by atoms with Gasteiger partial charge in [0.1, 0.15) is 42.0 Å². The number of nitrogens with one attached hydrogen (secondary N) is 7. The molecular formula is C48H65N13O11. The highest BCUT2D eigenvalue weighted by atomic mass is 16.4. The summed E-state index contributed by atoms with van der Waals surface area (Å²) in [5.74, 6) is -7.46. The summed E-state index contributed by atoms with van der Waals surface area (Å²) >= 11 is 0. The summed E-state index contributed by atoms with van der Waals surface area (Å²) in [5, 5.41) is 43.3. The zero-order valence-corrected chi connectivity index (χ0v) is 40.1. The number of amides is 6. The lowest BCUT2D eigenvalue weighted by atomic mass is 9.99. The maximum absolute atomic E-state index is 14.7. The molecule has 0 aliphatic carbocycles. The first-order chi connectivity index (χ1) is 34.3. The Balaban J connectivity index is 1.45. The molecule has 72 heavy (non-hydrogen) atoms. The molecule has 1 aliphatic heterocycles. The van der Waals surface area contributed by atoms with Crippen LogP contribution >= 0.6 is 0 Å². The number of carbonyl (C=O) groups is 8. The number of fused-ring (bicyclic) bond motifs is 1. The second kappa shape index (κ2) is 26.3. The van der Waals surface area contributed by atoms with Gasteiger partial charge in [-0.15, -0.1) is 0 Å². The van der Waals surface area contributed by atoms with Gasteiger partial charge in [-0.2, -0.15) is 0 Å². The van der Waals surface area contributed by atoms with Crippen molar-refractivity contribution in [3.8, 4) is 5.75 Å². The maximum atomic E-state index is 14.7. The number of phenols is 1. The van der Waals surface area contributed by atoms with Gasteiger partial charge in [-0.25, -0.2) is 9.78 Å². The van der Waals surface area contributed by atoms with Crippen LogP contribution in [0.25, 0.3) is 10.9 Å². The molecule has 2 aromatic heterocycles. The van der Waals surface area contributed by atoms with E-state index < -0.39 is 89.7 Å². The number of nitrogens with two attached hydrogens (primary N) is 3. The van der Waals surface area contributed by atoms with Crippen LogP contribution in [0, 0.1) is 5.92 Å². The Morgan fingerprint density at radius 3 is 2.04 bits per heavy atom. The first-order valence-corrected chi connectivity index (χ1v) is 23.7. The summed E-state index contributed by atoms with van der Waals surface area (Å²) in [6, 6.07) is 4.05. The van der Waals surface area contributed by atoms with E-state index in [-0.39, 0.29) is 88.5 Å². The lowest BCUT2D eigenvalue weighted by molar-refractivity contribution is -0.149. The topological polar surface area (TPSA) is 396 Å². The van der Waals surface area contributed by atoms with Crippen LogP contribution in [0.5, 0.6) is 5.75 Å². The molecule has 388 valence electrons. The van der Waals surface area contributed by atoms with Crippen molar-refractivity contribution < 1.29 is 53.7 Å². The molecule has 1 saturated heterocycles. The van der Waals surface area contributed by atoms with E-state index in [0.29, 0.717) is 23.2 Å². The zero-order chi connectivity index (χ0) is 52.5. The number of carboxylic acid groups (broad SMARTS) is 2. The third kappa shape index (κ3) is 16.3. The molecule has 0 saturated carbocycles. The van der Waals surface area contributed by atoms with Crippen LogP contribution in [0.4, 0.5) is 0 Å². The minimum atomic E-state index is -1.44. The van der Waals surface area contributed by atoms with Crippen molar-refractivity contribution in [1.82, 2.24) is 46.4 Å². The molecule has 0 bridgehead atoms. The SMILES string of the molecule is CC(C)C[C@H](NC(=O)[C@@H](N)CCC(=O)O)C(=O)N[C@@H](Cc1c[nH]c2ccccc12)C(=O)N[C@@H](Cc1cnc[nH]1)C(=O)N[C@@H](CCCN=C(N)N)C(=O)N[C@@H](Cc1ccc(O)cc1)C(=O)N1CCC[C@H]1C(=O)O. The van der Waals surface area contributed by atoms with Crippen LogP contribution in [-0.4, -0.2) is 144 Å². The molecule has 24 nitrogen and oxygen atoms in total. The number of carbonyl (C=O) groups excluding carboxylic acids is 6. The number of aromatic nitrogens is 3. The van der Waals surface area contributed by atoms with Gasteiger partial charge in [-0.3, -0.25) is 38.6 Å². The normalized spacial score (nSPS) is 15.8. The van der Waals surface area contributed by atoms with E-state index in [2.05, 4.69) is 46.5 Å². The molecule has 24 heteroatoms. The largest absolute Gasteiger partial charge is 0.508 e. The van der Waals surface area contributed by atoms with E-state index in [1.165, 1.54) is 29.6 Å². The molecule has 1 fully saturated rings. The predicted octanol–water partition coefficient (Wildman–Crippen LogP) is -0.584. The lowest BCUT2D eigenvalue weighted by Crippen LogP contribution is -2.60. The molecule has 3 heterocycles. The Morgan fingerprint density at radius 1 is 0.778 bits per heavy atom. The Hall–Kier alpha value is -8.02. The Morgan fingerprint density at radius 2 is 1.40 bits per heavy atom. The van der Waals surface area contributed by atoms with Crippen molar-refractivity contribution in [3.05, 3.63) is 84.1 Å². The van der Waals surface area contributed by atoms with Crippen LogP contribution in [0.15, 0.2) is 72.2 Å². The number of guanidine groups is 1. The van der Waals surface area contributed by atoms with E-state index in [9.17, 15) is 48.6 Å². The first kappa shape index (κ1) is 54.9. The summed E-state index contributed by atoms with van der Waals surface area (Å²) in [6.45, 7) is 3.80. The first-order valence-electron chi connectivity index (χ1n) is 23.7. The standard InChI is InChI=1S/C48H65N13O11/c1-26(2)19-35(57-41(65)32(49)15-16-40(63)64)43(67)58-36(21-28-23-54-33-8-4-3-7-31(28)33)44(68)59-37(22-29-24-52-25-55-29)45(69)56-34(9-5-17-53-48(50)51)42(66)60-38(20-27-11-13-30(62)14-12-27)46(70)61-18-6-10-39(61)47(71)72/h3-4,7-8,11-14,23-26,32,34-39,54,62H,5-6,9-10,15-22,49H2,1-2H3,(H,52,55)(H,56,69)(H,57,65)(H,58,67)(H,59,68)(H,60,66)(H,63,64)(H,71,72)(H4,50,51,53)/t32-,34-,35-,36-,37-,38-,39-/m0/s1. The number of carboxylic acids is 2. The maximum Gasteiger partial charge on any atom is 0.326 e. The van der Waals surface area contributed by atoms with Crippen LogP contribution in [-0.2, 0) is 57.6 Å². The number of H-pyrrole nitrogens is 2. The Kier molecular flexibility index (Phi) is 20.0. The highest BCUT2D eigenvalue weighted by Crippen LogP contribution is 2.22. The lowest BCUT2D eigenvalue weighted by Gasteiger charge is -2.29. The third-order valence-electron chi connectivity index (χ3n) is 12.1. The number of phenolic OH excluding ortho intramolecular Hbond substituents is 1. The van der Waals surface area contributed by atoms with Gasteiger partial charge in [0.15, 0.2) is 5.96 Å². The summed E-state index contributed by atoms with van der Waals surface area (Å²) < 4.78 is 0. The number of aromatic hydroxyl groups is 1. The molecule has 0 spiro atoms. The minimum absolute atomic E-state index is 0.0427. The molecule has 7 atom stereocenters. The number of aliphatic carboxylic acids is 2. The summed E-state index contributed by atoms with van der Waals surface area (Å²) in [6.07, 6.45) is 4.30. The van der Waals surface area contributed by atoms with Gasteiger partial charge in [-0.05, 0) is 73.8 Å². The molecule has 16 N–H and O–H groups in total. The van der Waals surface area contributed by atoms with Crippen LogP contribution in [0.3, 0.4) is 0 Å². The van der Waals surface area contributed by atoms with Crippen LogP contribution < -0.4 is 43.8 Å². The molecule has 6 amide bonds. The molecule has 2 aromatic carbocycles. The van der Waals surface area contributed by atoms with Crippen molar-refractivity contribution in [1.29, 1.82) is 0 Å². The van der Waals surface area contributed by atoms with E-state index in [1.807, 2.05) is 32.0 Å².